The third kappa shape index (κ3) is 0.655. The van der Waals surface area contributed by atoms with Crippen LogP contribution >= 0.6 is 0 Å². The predicted molar refractivity (Wildman–Crippen MR) is 33.6 cm³/mol. The molecule has 0 aliphatic heterocycles. The zero-order valence-corrected chi connectivity index (χ0v) is 5.65. The monoisotopic (exact) mass is 114 g/mol. The van der Waals surface area contributed by atoms with E-state index in [0.29, 0.717) is 6.61 Å². The van der Waals surface area contributed by atoms with Gasteiger partial charge in [0.25, 0.3) is 0 Å². The largest absolute Gasteiger partial charge is 0.396 e. The lowest BCUT2D eigenvalue weighted by atomic mass is 9.63. The van der Waals surface area contributed by atoms with E-state index in [2.05, 4.69) is 13.8 Å². The summed E-state index contributed by atoms with van der Waals surface area (Å²) in [7, 11) is 0. The van der Waals surface area contributed by atoms with E-state index in [1.165, 1.54) is 12.8 Å². The van der Waals surface area contributed by atoms with E-state index in [1.54, 1.807) is 0 Å². The number of aliphatic hydroxyl groups excluding tert-OH is 1. The van der Waals surface area contributed by atoms with Gasteiger partial charge >= 0.3 is 0 Å². The Bertz CT molecular complexity index is 86.4. The maximum atomic E-state index is 8.82. The van der Waals surface area contributed by atoms with Gasteiger partial charge in [0.15, 0.2) is 0 Å². The molecule has 1 nitrogen and oxygen atoms in total. The molecule has 2 unspecified atom stereocenters. The Morgan fingerprint density at radius 3 is 2.38 bits per heavy atom. The summed E-state index contributed by atoms with van der Waals surface area (Å²) in [6.07, 6.45) is 2.52. The molecule has 1 rings (SSSR count). The normalized spacial score (nSPS) is 46.1. The van der Waals surface area contributed by atoms with Gasteiger partial charge < -0.3 is 5.11 Å². The molecule has 0 amide bonds. The number of aliphatic hydroxyl groups is 1. The van der Waals surface area contributed by atoms with Crippen LogP contribution in [0.3, 0.4) is 0 Å². The molecule has 0 saturated heterocycles. The van der Waals surface area contributed by atoms with Crippen LogP contribution < -0.4 is 0 Å². The van der Waals surface area contributed by atoms with Crippen LogP contribution in [0.4, 0.5) is 0 Å². The molecule has 1 N–H and O–H groups in total. The molecule has 0 aromatic carbocycles. The summed E-state index contributed by atoms with van der Waals surface area (Å²) in [5.74, 6) is 0.743. The Morgan fingerprint density at radius 2 is 2.38 bits per heavy atom. The standard InChI is InChI=1S/C7H14O/c1-6-3-4-7(6,2)5-8/h6,8H,3-5H2,1-2H3. The lowest BCUT2D eigenvalue weighted by Gasteiger charge is -2.43. The quantitative estimate of drug-likeness (QED) is 0.546. The van der Waals surface area contributed by atoms with Crippen LogP contribution in [0.15, 0.2) is 0 Å². The fraction of sp³-hybridized carbons (Fsp3) is 1.00. The third-order valence-corrected chi connectivity index (χ3v) is 2.70. The molecule has 0 aromatic rings. The first-order chi connectivity index (χ1) is 3.69. The molecule has 0 radical (unpaired) electrons. The summed E-state index contributed by atoms with van der Waals surface area (Å²) in [5.41, 5.74) is 0.278. The second-order valence-corrected chi connectivity index (χ2v) is 3.25. The minimum Gasteiger partial charge on any atom is -0.396 e. The highest BCUT2D eigenvalue weighted by atomic mass is 16.3. The van der Waals surface area contributed by atoms with Crippen molar-refractivity contribution in [3.05, 3.63) is 0 Å². The summed E-state index contributed by atoms with van der Waals surface area (Å²) in [6.45, 7) is 4.73. The molecule has 1 fully saturated rings. The van der Waals surface area contributed by atoms with Gasteiger partial charge in [-0.3, -0.25) is 0 Å². The first-order valence-corrected chi connectivity index (χ1v) is 3.30. The van der Waals surface area contributed by atoms with Crippen LogP contribution in [0.5, 0.6) is 0 Å². The van der Waals surface area contributed by atoms with Crippen molar-refractivity contribution in [2.75, 3.05) is 6.61 Å². The Balaban J connectivity index is 2.42. The van der Waals surface area contributed by atoms with Crippen LogP contribution in [-0.2, 0) is 0 Å². The van der Waals surface area contributed by atoms with Crippen molar-refractivity contribution in [2.24, 2.45) is 11.3 Å². The lowest BCUT2D eigenvalue weighted by molar-refractivity contribution is 0.00110. The molecule has 0 heterocycles. The second kappa shape index (κ2) is 1.73. The van der Waals surface area contributed by atoms with E-state index in [0.717, 1.165) is 5.92 Å². The smallest absolute Gasteiger partial charge is 0.0487 e. The van der Waals surface area contributed by atoms with Crippen LogP contribution in [-0.4, -0.2) is 11.7 Å². The average Bonchev–Trinajstić information content (AvgIpc) is 1.83. The fourth-order valence-corrected chi connectivity index (χ4v) is 1.16. The topological polar surface area (TPSA) is 20.2 Å². The van der Waals surface area contributed by atoms with E-state index >= 15 is 0 Å². The van der Waals surface area contributed by atoms with Crippen LogP contribution in [0.1, 0.15) is 26.7 Å². The molecule has 1 aliphatic rings. The van der Waals surface area contributed by atoms with E-state index in [-0.39, 0.29) is 5.41 Å². The van der Waals surface area contributed by atoms with Crippen molar-refractivity contribution in [3.63, 3.8) is 0 Å². The summed E-state index contributed by atoms with van der Waals surface area (Å²) < 4.78 is 0. The van der Waals surface area contributed by atoms with E-state index < -0.39 is 0 Å². The Hall–Kier alpha value is -0.0400. The van der Waals surface area contributed by atoms with Crippen molar-refractivity contribution < 1.29 is 5.11 Å². The van der Waals surface area contributed by atoms with Gasteiger partial charge in [0, 0.05) is 6.61 Å². The Labute approximate surface area is 50.7 Å². The molecular formula is C7H14O. The van der Waals surface area contributed by atoms with Gasteiger partial charge in [-0.2, -0.15) is 0 Å². The number of hydrogen-bond donors (Lipinski definition) is 1. The average molecular weight is 114 g/mol. The molecule has 0 spiro atoms. The first-order valence-electron chi connectivity index (χ1n) is 3.30. The minimum atomic E-state index is 0.278. The van der Waals surface area contributed by atoms with Crippen molar-refractivity contribution in [1.82, 2.24) is 0 Å². The predicted octanol–water partition coefficient (Wildman–Crippen LogP) is 1.41. The van der Waals surface area contributed by atoms with Crippen molar-refractivity contribution in [3.8, 4) is 0 Å². The number of rotatable bonds is 1. The van der Waals surface area contributed by atoms with Crippen LogP contribution in [0, 0.1) is 11.3 Å². The first kappa shape index (κ1) is 6.09. The van der Waals surface area contributed by atoms with E-state index in [4.69, 9.17) is 5.11 Å². The third-order valence-electron chi connectivity index (χ3n) is 2.70. The molecule has 0 aromatic heterocycles. The Morgan fingerprint density at radius 1 is 1.75 bits per heavy atom. The van der Waals surface area contributed by atoms with Gasteiger partial charge in [-0.1, -0.05) is 13.8 Å². The molecule has 2 atom stereocenters. The molecule has 1 saturated carbocycles. The zero-order valence-electron chi connectivity index (χ0n) is 5.65. The minimum absolute atomic E-state index is 0.278. The van der Waals surface area contributed by atoms with Gasteiger partial charge in [0.05, 0.1) is 0 Å². The highest BCUT2D eigenvalue weighted by molar-refractivity contribution is 4.88. The summed E-state index contributed by atoms with van der Waals surface area (Å²) in [6, 6.07) is 0. The van der Waals surface area contributed by atoms with Gasteiger partial charge in [0.2, 0.25) is 0 Å². The van der Waals surface area contributed by atoms with Crippen molar-refractivity contribution in [1.29, 1.82) is 0 Å². The van der Waals surface area contributed by atoms with E-state index in [9.17, 15) is 0 Å². The SMILES string of the molecule is CC1CCC1(C)CO. The fourth-order valence-electron chi connectivity index (χ4n) is 1.16. The van der Waals surface area contributed by atoms with Gasteiger partial charge in [-0.25, -0.2) is 0 Å². The molecule has 0 bridgehead atoms. The van der Waals surface area contributed by atoms with E-state index in [1.807, 2.05) is 0 Å². The highest BCUT2D eigenvalue weighted by Crippen LogP contribution is 2.45. The summed E-state index contributed by atoms with van der Waals surface area (Å²) in [4.78, 5) is 0. The summed E-state index contributed by atoms with van der Waals surface area (Å²) >= 11 is 0. The van der Waals surface area contributed by atoms with Crippen molar-refractivity contribution in [2.45, 2.75) is 26.7 Å². The second-order valence-electron chi connectivity index (χ2n) is 3.25. The summed E-state index contributed by atoms with van der Waals surface area (Å²) in [5, 5.41) is 8.82. The van der Waals surface area contributed by atoms with Crippen LogP contribution in [0.25, 0.3) is 0 Å². The Kier molecular flexibility index (Phi) is 1.31. The van der Waals surface area contributed by atoms with Gasteiger partial charge in [-0.05, 0) is 24.2 Å². The highest BCUT2D eigenvalue weighted by Gasteiger charge is 2.38. The van der Waals surface area contributed by atoms with Gasteiger partial charge in [-0.15, -0.1) is 0 Å². The van der Waals surface area contributed by atoms with Crippen molar-refractivity contribution >= 4 is 0 Å². The molecule has 1 aliphatic carbocycles. The van der Waals surface area contributed by atoms with Gasteiger partial charge in [0.1, 0.15) is 0 Å². The maximum absolute atomic E-state index is 8.82. The molecule has 8 heavy (non-hydrogen) atoms. The number of hydrogen-bond acceptors (Lipinski definition) is 1. The molecule has 1 heteroatoms. The zero-order chi connectivity index (χ0) is 6.20. The maximum Gasteiger partial charge on any atom is 0.0487 e. The lowest BCUT2D eigenvalue weighted by Crippen LogP contribution is -2.38. The van der Waals surface area contributed by atoms with Crippen LogP contribution in [0.2, 0.25) is 0 Å². The molecule has 48 valence electrons. The molecular weight excluding hydrogens is 100 g/mol.